The van der Waals surface area contributed by atoms with Crippen LogP contribution in [0.4, 0.5) is 4.39 Å². The van der Waals surface area contributed by atoms with Crippen LogP contribution in [0.25, 0.3) is 0 Å². The lowest BCUT2D eigenvalue weighted by Crippen LogP contribution is -2.39. The van der Waals surface area contributed by atoms with Gasteiger partial charge in [-0.25, -0.2) is 4.39 Å². The molecule has 0 aromatic heterocycles. The molecule has 0 heterocycles. The molecule has 0 aliphatic heterocycles. The largest absolute Gasteiger partial charge is 0.497 e. The van der Waals surface area contributed by atoms with Crippen LogP contribution in [0.1, 0.15) is 34.6 Å². The molecule has 3 aromatic carbocycles. The van der Waals surface area contributed by atoms with E-state index >= 15 is 0 Å². The zero-order chi connectivity index (χ0) is 18.1. The monoisotopic (exact) mass is 348 g/mol. The molecule has 0 amide bonds. The van der Waals surface area contributed by atoms with Gasteiger partial charge in [-0.1, -0.05) is 48.5 Å². The fourth-order valence-corrected chi connectivity index (χ4v) is 4.13. The van der Waals surface area contributed by atoms with Crippen LogP contribution in [0.5, 0.6) is 5.75 Å². The van der Waals surface area contributed by atoms with Crippen molar-refractivity contribution in [1.82, 2.24) is 0 Å². The number of aliphatic hydroxyl groups is 1. The molecule has 0 saturated carbocycles. The number of hydrogen-bond acceptors (Lipinski definition) is 2. The van der Waals surface area contributed by atoms with Crippen molar-refractivity contribution in [2.45, 2.75) is 24.4 Å². The summed E-state index contributed by atoms with van der Waals surface area (Å²) in [6.07, 6.45) is 1.66. The van der Waals surface area contributed by atoms with E-state index in [0.717, 1.165) is 35.3 Å². The van der Waals surface area contributed by atoms with Crippen molar-refractivity contribution in [2.24, 2.45) is 0 Å². The summed E-state index contributed by atoms with van der Waals surface area (Å²) in [4.78, 5) is 0. The Morgan fingerprint density at radius 3 is 2.42 bits per heavy atom. The number of fused-ring (bicyclic) bond motifs is 1. The van der Waals surface area contributed by atoms with Gasteiger partial charge >= 0.3 is 0 Å². The Morgan fingerprint density at radius 2 is 1.73 bits per heavy atom. The highest BCUT2D eigenvalue weighted by Gasteiger charge is 2.45. The molecule has 3 heteroatoms. The van der Waals surface area contributed by atoms with E-state index in [4.69, 9.17) is 4.74 Å². The van der Waals surface area contributed by atoms with Gasteiger partial charge in [0.05, 0.1) is 7.11 Å². The Labute approximate surface area is 152 Å². The van der Waals surface area contributed by atoms with Gasteiger partial charge < -0.3 is 9.84 Å². The fourth-order valence-electron chi connectivity index (χ4n) is 4.13. The third-order valence-corrected chi connectivity index (χ3v) is 5.42. The van der Waals surface area contributed by atoms with Gasteiger partial charge in [0.25, 0.3) is 0 Å². The quantitative estimate of drug-likeness (QED) is 0.737. The lowest BCUT2D eigenvalue weighted by molar-refractivity contribution is 0.0383. The summed E-state index contributed by atoms with van der Waals surface area (Å²) in [5, 5.41) is 12.0. The van der Waals surface area contributed by atoms with Crippen molar-refractivity contribution >= 4 is 0 Å². The summed E-state index contributed by atoms with van der Waals surface area (Å²) in [6, 6.07) is 22.0. The average Bonchev–Trinajstić information content (AvgIpc) is 2.69. The number of ether oxygens (including phenoxy) is 1. The highest BCUT2D eigenvalue weighted by atomic mass is 19.1. The van der Waals surface area contributed by atoms with Crippen LogP contribution >= 0.6 is 0 Å². The molecule has 0 radical (unpaired) electrons. The van der Waals surface area contributed by atoms with E-state index in [1.54, 1.807) is 19.2 Å². The molecule has 2 nitrogen and oxygen atoms in total. The number of methoxy groups -OCH3 is 1. The number of aryl methyl sites for hydroxylation is 1. The molecule has 2 atom stereocenters. The van der Waals surface area contributed by atoms with Crippen LogP contribution in [0, 0.1) is 5.82 Å². The minimum absolute atomic E-state index is 0.102. The Morgan fingerprint density at radius 1 is 1.00 bits per heavy atom. The normalized spacial score (nSPS) is 21.9. The maximum absolute atomic E-state index is 13.5. The first-order chi connectivity index (χ1) is 12.6. The molecule has 3 aromatic rings. The van der Waals surface area contributed by atoms with Gasteiger partial charge in [-0.3, -0.25) is 0 Å². The van der Waals surface area contributed by atoms with E-state index in [2.05, 4.69) is 0 Å². The maximum Gasteiger partial charge on any atom is 0.123 e. The summed E-state index contributed by atoms with van der Waals surface area (Å²) in [7, 11) is 1.64. The molecule has 2 unspecified atom stereocenters. The van der Waals surface area contributed by atoms with Crippen LogP contribution in [0.3, 0.4) is 0 Å². The minimum Gasteiger partial charge on any atom is -0.497 e. The van der Waals surface area contributed by atoms with Crippen LogP contribution in [0.15, 0.2) is 72.8 Å². The van der Waals surface area contributed by atoms with Gasteiger partial charge in [0, 0.05) is 5.92 Å². The summed E-state index contributed by atoms with van der Waals surface area (Å²) in [6.45, 7) is 0. The van der Waals surface area contributed by atoms with Crippen molar-refractivity contribution in [3.8, 4) is 5.75 Å². The zero-order valence-corrected chi connectivity index (χ0v) is 14.7. The fraction of sp³-hybridized carbons (Fsp3) is 0.217. The molecule has 1 N–H and O–H groups in total. The third-order valence-electron chi connectivity index (χ3n) is 5.42. The predicted octanol–water partition coefficient (Wildman–Crippen LogP) is 4.80. The molecule has 0 fully saturated rings. The highest BCUT2D eigenvalue weighted by molar-refractivity contribution is 5.50. The average molecular weight is 348 g/mol. The maximum atomic E-state index is 13.5. The van der Waals surface area contributed by atoms with Crippen LogP contribution in [-0.4, -0.2) is 12.2 Å². The molecular formula is C23H21FO2. The molecule has 132 valence electrons. The Kier molecular flexibility index (Phi) is 4.25. The number of halogens is 1. The Balaban J connectivity index is 1.92. The van der Waals surface area contributed by atoms with Crippen LogP contribution < -0.4 is 4.74 Å². The van der Waals surface area contributed by atoms with E-state index in [9.17, 15) is 9.50 Å². The molecule has 0 saturated heterocycles. The molecule has 1 aliphatic rings. The topological polar surface area (TPSA) is 29.5 Å². The van der Waals surface area contributed by atoms with Crippen molar-refractivity contribution in [1.29, 1.82) is 0 Å². The lowest BCUT2D eigenvalue weighted by Gasteiger charge is -2.42. The van der Waals surface area contributed by atoms with E-state index in [0.29, 0.717) is 5.56 Å². The van der Waals surface area contributed by atoms with Crippen LogP contribution in [-0.2, 0) is 12.0 Å². The number of hydrogen-bond donors (Lipinski definition) is 1. The van der Waals surface area contributed by atoms with Gasteiger partial charge in [0.2, 0.25) is 0 Å². The lowest BCUT2D eigenvalue weighted by atomic mass is 9.66. The molecule has 0 bridgehead atoms. The zero-order valence-electron chi connectivity index (χ0n) is 14.7. The number of benzene rings is 3. The summed E-state index contributed by atoms with van der Waals surface area (Å²) >= 11 is 0. The van der Waals surface area contributed by atoms with Gasteiger partial charge in [0.1, 0.15) is 17.2 Å². The standard InChI is InChI=1S/C23H21FO2/c1-26-20-12-14-22-17(15-20)7-13-21(16-5-3-2-4-6-16)23(22,25)18-8-10-19(24)11-9-18/h2-6,8-12,14-15,21,25H,7,13H2,1H3. The molecule has 4 rings (SSSR count). The van der Waals surface area contributed by atoms with Crippen LogP contribution in [0.2, 0.25) is 0 Å². The first kappa shape index (κ1) is 16.8. The number of rotatable bonds is 3. The Hall–Kier alpha value is -2.65. The molecular weight excluding hydrogens is 327 g/mol. The predicted molar refractivity (Wildman–Crippen MR) is 99.9 cm³/mol. The molecule has 1 aliphatic carbocycles. The summed E-state index contributed by atoms with van der Waals surface area (Å²) in [5.74, 6) is 0.373. The summed E-state index contributed by atoms with van der Waals surface area (Å²) < 4.78 is 18.8. The van der Waals surface area contributed by atoms with Gasteiger partial charge in [-0.15, -0.1) is 0 Å². The van der Waals surface area contributed by atoms with Gasteiger partial charge in [0.15, 0.2) is 0 Å². The molecule has 26 heavy (non-hydrogen) atoms. The third kappa shape index (κ3) is 2.69. The van der Waals surface area contributed by atoms with E-state index in [1.807, 2.05) is 48.5 Å². The summed E-state index contributed by atoms with van der Waals surface area (Å²) in [5.41, 5.74) is 2.52. The highest BCUT2D eigenvalue weighted by Crippen LogP contribution is 2.50. The van der Waals surface area contributed by atoms with Crippen molar-refractivity contribution < 1.29 is 14.2 Å². The van der Waals surface area contributed by atoms with Gasteiger partial charge in [-0.05, 0) is 59.4 Å². The second kappa shape index (κ2) is 6.58. The second-order valence-corrected chi connectivity index (χ2v) is 6.80. The van der Waals surface area contributed by atoms with Gasteiger partial charge in [-0.2, -0.15) is 0 Å². The Bertz CT molecular complexity index is 905. The molecule has 0 spiro atoms. The van der Waals surface area contributed by atoms with Crippen molar-refractivity contribution in [3.05, 3.63) is 101 Å². The van der Waals surface area contributed by atoms with Crippen molar-refractivity contribution in [2.75, 3.05) is 7.11 Å². The SMILES string of the molecule is COc1ccc2c(c1)CCC(c1ccccc1)C2(O)c1ccc(F)cc1. The smallest absolute Gasteiger partial charge is 0.123 e. The van der Waals surface area contributed by atoms with E-state index < -0.39 is 5.60 Å². The van der Waals surface area contributed by atoms with E-state index in [-0.39, 0.29) is 11.7 Å². The first-order valence-corrected chi connectivity index (χ1v) is 8.83. The van der Waals surface area contributed by atoms with Crippen molar-refractivity contribution in [3.63, 3.8) is 0 Å². The second-order valence-electron chi connectivity index (χ2n) is 6.80. The van der Waals surface area contributed by atoms with E-state index in [1.165, 1.54) is 12.1 Å². The first-order valence-electron chi connectivity index (χ1n) is 8.83. The minimum atomic E-state index is -1.21.